The van der Waals surface area contributed by atoms with E-state index in [9.17, 15) is 9.59 Å². The van der Waals surface area contributed by atoms with E-state index in [1.807, 2.05) is 41.5 Å². The Morgan fingerprint density at radius 2 is 1.12 bits per heavy atom. The van der Waals surface area contributed by atoms with Crippen LogP contribution in [0.2, 0.25) is 0 Å². The molecule has 0 atom stereocenters. The fourth-order valence-electron chi connectivity index (χ4n) is 3.53. The third-order valence-electron chi connectivity index (χ3n) is 5.54. The molecule has 0 aliphatic heterocycles. The van der Waals surface area contributed by atoms with Gasteiger partial charge in [0.15, 0.2) is 11.6 Å². The minimum Gasteiger partial charge on any atom is -0.497 e. The SMILES string of the molecule is CC1=C(OCCCOC2=C(C)C(=O)C(C)(C)CC2)CCC(C)(C)C1=O. The number of carbonyl (C=O) groups excluding carboxylic acids is 2. The highest BCUT2D eigenvalue weighted by Crippen LogP contribution is 2.37. The molecular formula is C21H32O4. The summed E-state index contributed by atoms with van der Waals surface area (Å²) in [6.07, 6.45) is 4.04. The molecule has 25 heavy (non-hydrogen) atoms. The van der Waals surface area contributed by atoms with Gasteiger partial charge in [0.2, 0.25) is 0 Å². The van der Waals surface area contributed by atoms with E-state index in [1.165, 1.54) is 0 Å². The summed E-state index contributed by atoms with van der Waals surface area (Å²) in [4.78, 5) is 24.5. The number of Topliss-reactive ketones (excluding diaryl/α,β-unsaturated/α-hetero) is 2. The van der Waals surface area contributed by atoms with Gasteiger partial charge in [0.05, 0.1) is 13.2 Å². The molecule has 140 valence electrons. The van der Waals surface area contributed by atoms with E-state index in [2.05, 4.69) is 0 Å². The molecule has 0 heterocycles. The van der Waals surface area contributed by atoms with Crippen LogP contribution < -0.4 is 0 Å². The molecule has 0 aromatic carbocycles. The molecule has 4 nitrogen and oxygen atoms in total. The standard InChI is InChI=1S/C21H32O4/c1-14-16(8-10-20(3,4)18(14)22)24-12-7-13-25-17-9-11-21(5,6)19(23)15(17)2/h7-13H2,1-6H3. The second-order valence-electron chi connectivity index (χ2n) is 8.57. The van der Waals surface area contributed by atoms with Crippen molar-refractivity contribution in [2.24, 2.45) is 10.8 Å². The van der Waals surface area contributed by atoms with Crippen LogP contribution in [0.3, 0.4) is 0 Å². The van der Waals surface area contributed by atoms with Crippen LogP contribution in [0.1, 0.15) is 73.6 Å². The maximum atomic E-state index is 12.3. The van der Waals surface area contributed by atoms with E-state index >= 15 is 0 Å². The smallest absolute Gasteiger partial charge is 0.167 e. The maximum Gasteiger partial charge on any atom is 0.167 e. The first kappa shape index (κ1) is 19.7. The lowest BCUT2D eigenvalue weighted by Gasteiger charge is -2.30. The summed E-state index contributed by atoms with van der Waals surface area (Å²) in [7, 11) is 0. The number of ketones is 2. The molecule has 0 unspecified atom stereocenters. The van der Waals surface area contributed by atoms with Gasteiger partial charge in [-0.1, -0.05) is 27.7 Å². The quantitative estimate of drug-likeness (QED) is 0.651. The molecule has 0 aromatic heterocycles. The Labute approximate surface area is 151 Å². The van der Waals surface area contributed by atoms with Gasteiger partial charge in [0.25, 0.3) is 0 Å². The first-order valence-corrected chi connectivity index (χ1v) is 9.31. The lowest BCUT2D eigenvalue weighted by molar-refractivity contribution is -0.125. The topological polar surface area (TPSA) is 52.6 Å². The van der Waals surface area contributed by atoms with Gasteiger partial charge in [0, 0.05) is 41.2 Å². The molecule has 0 saturated heterocycles. The molecule has 4 heteroatoms. The minimum absolute atomic E-state index is 0.189. The van der Waals surface area contributed by atoms with Gasteiger partial charge in [-0.15, -0.1) is 0 Å². The first-order valence-electron chi connectivity index (χ1n) is 9.31. The molecule has 0 N–H and O–H groups in total. The summed E-state index contributed by atoms with van der Waals surface area (Å²) in [5, 5.41) is 0. The lowest BCUT2D eigenvalue weighted by atomic mass is 9.76. The molecule has 0 spiro atoms. The molecule has 2 aliphatic carbocycles. The lowest BCUT2D eigenvalue weighted by Crippen LogP contribution is -2.30. The third-order valence-corrected chi connectivity index (χ3v) is 5.54. The van der Waals surface area contributed by atoms with Gasteiger partial charge in [0.1, 0.15) is 11.5 Å². The van der Waals surface area contributed by atoms with Gasteiger partial charge in [-0.05, 0) is 26.7 Å². The van der Waals surface area contributed by atoms with Gasteiger partial charge in [-0.3, -0.25) is 9.59 Å². The average Bonchev–Trinajstić information content (AvgIpc) is 2.54. The molecular weight excluding hydrogens is 316 g/mol. The summed E-state index contributed by atoms with van der Waals surface area (Å²) in [5.74, 6) is 2.03. The molecule has 0 bridgehead atoms. The summed E-state index contributed by atoms with van der Waals surface area (Å²) >= 11 is 0. The van der Waals surface area contributed by atoms with E-state index in [0.29, 0.717) is 13.2 Å². The van der Waals surface area contributed by atoms with Crippen molar-refractivity contribution >= 4 is 11.6 Å². The van der Waals surface area contributed by atoms with Crippen LogP contribution in [-0.4, -0.2) is 24.8 Å². The first-order chi connectivity index (χ1) is 11.6. The molecule has 0 saturated carbocycles. The van der Waals surface area contributed by atoms with Gasteiger partial charge < -0.3 is 9.47 Å². The molecule has 0 amide bonds. The van der Waals surface area contributed by atoms with E-state index in [-0.39, 0.29) is 22.4 Å². The van der Waals surface area contributed by atoms with Crippen molar-refractivity contribution in [2.75, 3.05) is 13.2 Å². The Bertz CT molecular complexity index is 566. The van der Waals surface area contributed by atoms with E-state index < -0.39 is 0 Å². The predicted molar refractivity (Wildman–Crippen MR) is 98.0 cm³/mol. The van der Waals surface area contributed by atoms with Crippen molar-refractivity contribution in [1.29, 1.82) is 0 Å². The van der Waals surface area contributed by atoms with E-state index in [4.69, 9.17) is 9.47 Å². The monoisotopic (exact) mass is 348 g/mol. The molecule has 0 radical (unpaired) electrons. The number of hydrogen-bond donors (Lipinski definition) is 0. The number of ether oxygens (including phenoxy) is 2. The molecule has 0 fully saturated rings. The fraction of sp³-hybridized carbons (Fsp3) is 0.714. The van der Waals surface area contributed by atoms with Crippen LogP contribution in [0.5, 0.6) is 0 Å². The second kappa shape index (κ2) is 7.35. The second-order valence-corrected chi connectivity index (χ2v) is 8.57. The van der Waals surface area contributed by atoms with Crippen LogP contribution in [0, 0.1) is 10.8 Å². The van der Waals surface area contributed by atoms with Crippen molar-refractivity contribution in [1.82, 2.24) is 0 Å². The Morgan fingerprint density at radius 3 is 1.48 bits per heavy atom. The van der Waals surface area contributed by atoms with Crippen LogP contribution >= 0.6 is 0 Å². The van der Waals surface area contributed by atoms with Crippen molar-refractivity contribution in [2.45, 2.75) is 73.6 Å². The van der Waals surface area contributed by atoms with Gasteiger partial charge in [-0.2, -0.15) is 0 Å². The normalized spacial score (nSPS) is 23.1. The number of carbonyl (C=O) groups is 2. The van der Waals surface area contributed by atoms with Crippen molar-refractivity contribution in [3.8, 4) is 0 Å². The largest absolute Gasteiger partial charge is 0.497 e. The van der Waals surface area contributed by atoms with Crippen molar-refractivity contribution < 1.29 is 19.1 Å². The number of allylic oxidation sites excluding steroid dienone is 4. The minimum atomic E-state index is -0.272. The fourth-order valence-corrected chi connectivity index (χ4v) is 3.53. The zero-order valence-electron chi connectivity index (χ0n) is 16.6. The highest BCUT2D eigenvalue weighted by atomic mass is 16.5. The Balaban J connectivity index is 1.79. The average molecular weight is 348 g/mol. The van der Waals surface area contributed by atoms with Gasteiger partial charge >= 0.3 is 0 Å². The third kappa shape index (κ3) is 4.34. The highest BCUT2D eigenvalue weighted by Gasteiger charge is 2.35. The van der Waals surface area contributed by atoms with E-state index in [0.717, 1.165) is 54.8 Å². The van der Waals surface area contributed by atoms with Crippen LogP contribution in [0.15, 0.2) is 22.7 Å². The summed E-state index contributed by atoms with van der Waals surface area (Å²) in [6, 6.07) is 0. The predicted octanol–water partition coefficient (Wildman–Crippen LogP) is 4.74. The number of hydrogen-bond acceptors (Lipinski definition) is 4. The zero-order valence-corrected chi connectivity index (χ0v) is 16.6. The summed E-state index contributed by atoms with van der Waals surface area (Å²) in [6.45, 7) is 12.8. The Kier molecular flexibility index (Phi) is 5.80. The summed E-state index contributed by atoms with van der Waals surface area (Å²) < 4.78 is 11.7. The van der Waals surface area contributed by atoms with Crippen LogP contribution in [-0.2, 0) is 19.1 Å². The van der Waals surface area contributed by atoms with Crippen molar-refractivity contribution in [3.63, 3.8) is 0 Å². The molecule has 2 rings (SSSR count). The Morgan fingerprint density at radius 1 is 0.760 bits per heavy atom. The maximum absolute atomic E-state index is 12.3. The van der Waals surface area contributed by atoms with Crippen LogP contribution in [0.4, 0.5) is 0 Å². The summed E-state index contributed by atoms with van der Waals surface area (Å²) in [5.41, 5.74) is 0.975. The molecule has 2 aliphatic rings. The Hall–Kier alpha value is -1.58. The van der Waals surface area contributed by atoms with Crippen LogP contribution in [0.25, 0.3) is 0 Å². The molecule has 0 aromatic rings. The van der Waals surface area contributed by atoms with Gasteiger partial charge in [-0.25, -0.2) is 0 Å². The zero-order chi connectivity index (χ0) is 18.8. The van der Waals surface area contributed by atoms with Crippen molar-refractivity contribution in [3.05, 3.63) is 22.7 Å². The highest BCUT2D eigenvalue weighted by molar-refractivity contribution is 6.00. The number of rotatable bonds is 6. The van der Waals surface area contributed by atoms with E-state index in [1.54, 1.807) is 0 Å².